The number of pyridine rings is 1. The summed E-state index contributed by atoms with van der Waals surface area (Å²) in [6, 6.07) is 13.5. The van der Waals surface area contributed by atoms with Gasteiger partial charge in [0.1, 0.15) is 6.54 Å². The Bertz CT molecular complexity index is 1030. The number of carbonyl (C=O) groups is 3. The van der Waals surface area contributed by atoms with Crippen molar-refractivity contribution in [2.24, 2.45) is 0 Å². The molecule has 0 saturated carbocycles. The number of esters is 1. The van der Waals surface area contributed by atoms with Crippen molar-refractivity contribution in [3.05, 3.63) is 65.9 Å². The van der Waals surface area contributed by atoms with Crippen LogP contribution < -0.4 is 5.32 Å². The third-order valence-corrected chi connectivity index (χ3v) is 4.07. The number of carbonyl (C=O) groups excluding carboxylic acids is 2. The van der Waals surface area contributed by atoms with Gasteiger partial charge in [0.2, 0.25) is 0 Å². The fourth-order valence-corrected chi connectivity index (χ4v) is 2.65. The summed E-state index contributed by atoms with van der Waals surface area (Å²) in [6.07, 6.45) is 1.52. The van der Waals surface area contributed by atoms with Crippen LogP contribution in [-0.2, 0) is 9.53 Å². The van der Waals surface area contributed by atoms with Crippen LogP contribution in [0, 0.1) is 0 Å². The van der Waals surface area contributed by atoms with Crippen LogP contribution in [0.5, 0.6) is 0 Å². The normalized spacial score (nSPS) is 10.4. The number of carboxylic acid groups (broad SMARTS) is 1. The molecule has 3 aromatic rings. The van der Waals surface area contributed by atoms with Crippen LogP contribution in [0.3, 0.4) is 0 Å². The van der Waals surface area contributed by atoms with Crippen molar-refractivity contribution in [1.82, 2.24) is 10.3 Å². The number of hydrogen-bond acceptors (Lipinski definition) is 5. The lowest BCUT2D eigenvalue weighted by Crippen LogP contribution is -2.30. The van der Waals surface area contributed by atoms with Crippen molar-refractivity contribution in [3.8, 4) is 11.1 Å². The summed E-state index contributed by atoms with van der Waals surface area (Å²) in [5.41, 5.74) is 2.84. The predicted molar refractivity (Wildman–Crippen MR) is 98.5 cm³/mol. The number of carboxylic acids is 1. The summed E-state index contributed by atoms with van der Waals surface area (Å²) >= 11 is 0. The predicted octanol–water partition coefficient (Wildman–Crippen LogP) is 2.50. The third kappa shape index (κ3) is 3.92. The minimum absolute atomic E-state index is 0.198. The van der Waals surface area contributed by atoms with E-state index in [0.29, 0.717) is 16.5 Å². The molecule has 136 valence electrons. The molecular weight excluding hydrogens is 348 g/mol. The van der Waals surface area contributed by atoms with Crippen molar-refractivity contribution in [3.63, 3.8) is 0 Å². The second kappa shape index (κ2) is 7.65. The molecule has 27 heavy (non-hydrogen) atoms. The summed E-state index contributed by atoms with van der Waals surface area (Å²) in [6.45, 7) is -0.227. The number of nitrogens with one attached hydrogen (secondary N) is 1. The van der Waals surface area contributed by atoms with Crippen LogP contribution in [0.4, 0.5) is 0 Å². The summed E-state index contributed by atoms with van der Waals surface area (Å²) in [5.74, 6) is -1.94. The van der Waals surface area contributed by atoms with E-state index < -0.39 is 17.8 Å². The molecule has 1 heterocycles. The van der Waals surface area contributed by atoms with E-state index in [1.54, 1.807) is 24.3 Å². The zero-order chi connectivity index (χ0) is 19.4. The molecule has 0 atom stereocenters. The fraction of sp³-hybridized carbons (Fsp3) is 0.100. The number of rotatable bonds is 5. The zero-order valence-corrected chi connectivity index (χ0v) is 14.4. The highest BCUT2D eigenvalue weighted by Crippen LogP contribution is 2.26. The highest BCUT2D eigenvalue weighted by Gasteiger charge is 2.13. The van der Waals surface area contributed by atoms with E-state index in [0.717, 1.165) is 11.1 Å². The standard InChI is InChI=1S/C20H16N2O5/c1-27-18(23)11-22-19(24)15-8-9-21-17-7-6-14(10-16(15)17)12-2-4-13(5-3-12)20(25)26/h2-10H,11H2,1H3,(H,22,24)(H,25,26). The largest absolute Gasteiger partial charge is 0.478 e. The molecular formula is C20H16N2O5. The number of methoxy groups -OCH3 is 1. The van der Waals surface area contributed by atoms with Gasteiger partial charge in [-0.2, -0.15) is 0 Å². The van der Waals surface area contributed by atoms with E-state index in [-0.39, 0.29) is 12.1 Å². The first-order valence-electron chi connectivity index (χ1n) is 8.07. The molecule has 0 bridgehead atoms. The van der Waals surface area contributed by atoms with Gasteiger partial charge < -0.3 is 15.2 Å². The Labute approximate surface area is 154 Å². The van der Waals surface area contributed by atoms with Crippen LogP contribution in [-0.4, -0.2) is 41.6 Å². The monoisotopic (exact) mass is 364 g/mol. The van der Waals surface area contributed by atoms with Crippen LogP contribution >= 0.6 is 0 Å². The molecule has 0 aliphatic heterocycles. The van der Waals surface area contributed by atoms with Crippen molar-refractivity contribution >= 4 is 28.7 Å². The van der Waals surface area contributed by atoms with Crippen LogP contribution in [0.2, 0.25) is 0 Å². The zero-order valence-electron chi connectivity index (χ0n) is 14.4. The van der Waals surface area contributed by atoms with Crippen LogP contribution in [0.15, 0.2) is 54.7 Å². The molecule has 0 radical (unpaired) electrons. The quantitative estimate of drug-likeness (QED) is 0.674. The van der Waals surface area contributed by atoms with E-state index in [1.165, 1.54) is 25.4 Å². The molecule has 0 spiro atoms. The fourth-order valence-electron chi connectivity index (χ4n) is 2.65. The Morgan fingerprint density at radius 2 is 1.74 bits per heavy atom. The molecule has 2 N–H and O–H groups in total. The van der Waals surface area contributed by atoms with Gasteiger partial charge in [-0.1, -0.05) is 18.2 Å². The van der Waals surface area contributed by atoms with Gasteiger partial charge in [-0.3, -0.25) is 14.6 Å². The number of ether oxygens (including phenoxy) is 1. The highest BCUT2D eigenvalue weighted by molar-refractivity contribution is 6.07. The van der Waals surface area contributed by atoms with Gasteiger partial charge in [0, 0.05) is 11.6 Å². The first kappa shape index (κ1) is 18.1. The number of hydrogen-bond donors (Lipinski definition) is 2. The average molecular weight is 364 g/mol. The van der Waals surface area contributed by atoms with Crippen molar-refractivity contribution in [2.75, 3.05) is 13.7 Å². The van der Waals surface area contributed by atoms with E-state index in [9.17, 15) is 14.4 Å². The molecule has 7 heteroatoms. The average Bonchev–Trinajstić information content (AvgIpc) is 2.70. The number of aromatic nitrogens is 1. The molecule has 0 fully saturated rings. The topological polar surface area (TPSA) is 106 Å². The summed E-state index contributed by atoms with van der Waals surface area (Å²) in [4.78, 5) is 38.9. The Morgan fingerprint density at radius 3 is 2.41 bits per heavy atom. The maximum absolute atomic E-state index is 12.4. The summed E-state index contributed by atoms with van der Waals surface area (Å²) in [5, 5.41) is 12.1. The van der Waals surface area contributed by atoms with E-state index in [2.05, 4.69) is 15.0 Å². The second-order valence-corrected chi connectivity index (χ2v) is 5.73. The Hall–Kier alpha value is -3.74. The molecule has 1 amide bonds. The smallest absolute Gasteiger partial charge is 0.335 e. The molecule has 7 nitrogen and oxygen atoms in total. The number of aromatic carboxylic acids is 1. The van der Waals surface area contributed by atoms with Gasteiger partial charge in [0.05, 0.1) is 23.8 Å². The maximum Gasteiger partial charge on any atom is 0.335 e. The lowest BCUT2D eigenvalue weighted by Gasteiger charge is -2.09. The van der Waals surface area contributed by atoms with Gasteiger partial charge >= 0.3 is 11.9 Å². The number of amides is 1. The second-order valence-electron chi connectivity index (χ2n) is 5.73. The minimum atomic E-state index is -0.992. The van der Waals surface area contributed by atoms with Crippen molar-refractivity contribution in [2.45, 2.75) is 0 Å². The number of benzene rings is 2. The minimum Gasteiger partial charge on any atom is -0.478 e. The van der Waals surface area contributed by atoms with E-state index in [4.69, 9.17) is 5.11 Å². The van der Waals surface area contributed by atoms with Gasteiger partial charge in [-0.25, -0.2) is 4.79 Å². The highest BCUT2D eigenvalue weighted by atomic mass is 16.5. The van der Waals surface area contributed by atoms with E-state index >= 15 is 0 Å². The van der Waals surface area contributed by atoms with Gasteiger partial charge in [0.25, 0.3) is 5.91 Å². The Kier molecular flexibility index (Phi) is 5.12. The summed E-state index contributed by atoms with van der Waals surface area (Å²) in [7, 11) is 1.25. The number of fused-ring (bicyclic) bond motifs is 1. The molecule has 0 unspecified atom stereocenters. The molecule has 0 saturated heterocycles. The van der Waals surface area contributed by atoms with Crippen LogP contribution in [0.1, 0.15) is 20.7 Å². The lowest BCUT2D eigenvalue weighted by molar-refractivity contribution is -0.139. The summed E-state index contributed by atoms with van der Waals surface area (Å²) < 4.78 is 4.52. The molecule has 1 aromatic heterocycles. The van der Waals surface area contributed by atoms with Crippen molar-refractivity contribution < 1.29 is 24.2 Å². The first-order chi connectivity index (χ1) is 13.0. The molecule has 0 aliphatic rings. The third-order valence-electron chi connectivity index (χ3n) is 4.07. The Balaban J connectivity index is 1.97. The molecule has 0 aliphatic carbocycles. The van der Waals surface area contributed by atoms with Gasteiger partial charge in [0.15, 0.2) is 0 Å². The molecule has 2 aromatic carbocycles. The SMILES string of the molecule is COC(=O)CNC(=O)c1ccnc2ccc(-c3ccc(C(=O)O)cc3)cc12. The van der Waals surface area contributed by atoms with Gasteiger partial charge in [-0.05, 0) is 41.5 Å². The first-order valence-corrected chi connectivity index (χ1v) is 8.07. The van der Waals surface area contributed by atoms with Crippen LogP contribution in [0.25, 0.3) is 22.0 Å². The maximum atomic E-state index is 12.4. The van der Waals surface area contributed by atoms with E-state index in [1.807, 2.05) is 12.1 Å². The lowest BCUT2D eigenvalue weighted by atomic mass is 9.99. The number of nitrogens with zero attached hydrogens (tertiary/aromatic N) is 1. The van der Waals surface area contributed by atoms with Gasteiger partial charge in [-0.15, -0.1) is 0 Å². The Morgan fingerprint density at radius 1 is 1.04 bits per heavy atom. The molecule has 3 rings (SSSR count). The van der Waals surface area contributed by atoms with Crippen molar-refractivity contribution in [1.29, 1.82) is 0 Å².